The van der Waals surface area contributed by atoms with Crippen LogP contribution in [0.25, 0.3) is 22.2 Å². The number of benzene rings is 3. The molecule has 0 bridgehead atoms. The third kappa shape index (κ3) is 3.50. The topological polar surface area (TPSA) is 71.2 Å². The predicted molar refractivity (Wildman–Crippen MR) is 115 cm³/mol. The number of nitrogens with one attached hydrogen (secondary N) is 2. The molecule has 0 unspecified atom stereocenters. The number of anilines is 1. The Balaban J connectivity index is 1.78. The summed E-state index contributed by atoms with van der Waals surface area (Å²) >= 11 is 3.32. The van der Waals surface area contributed by atoms with Gasteiger partial charge in [0.1, 0.15) is 10.6 Å². The van der Waals surface area contributed by atoms with Gasteiger partial charge in [-0.15, -0.1) is 0 Å². The number of fused-ring (bicyclic) bond motifs is 1. The lowest BCUT2D eigenvalue weighted by Crippen LogP contribution is -2.14. The molecule has 0 fully saturated rings. The Bertz CT molecular complexity index is 1230. The maximum Gasteiger partial charge on any atom is 0.265 e. The summed E-state index contributed by atoms with van der Waals surface area (Å²) in [6, 6.07) is 22.1. The molecule has 2 N–H and O–H groups in total. The van der Waals surface area contributed by atoms with Crippen LogP contribution in [-0.2, 0) is 10.0 Å². The molecule has 0 saturated heterocycles. The fraction of sp³-hybridized carbons (Fsp3) is 0.0476. The molecular formula is C21H17BrN2O3S. The standard InChI is InChI=1S/C21H17BrN2O3S/c1-27-20-11-10-15(22)13-21(20)28(25,26)24-18-9-5-3-7-16(18)19-12-14-6-2-4-8-17(14)23-19/h2-13,23-24H,1H3. The lowest BCUT2D eigenvalue weighted by Gasteiger charge is -2.14. The van der Waals surface area contributed by atoms with E-state index < -0.39 is 10.0 Å². The number of H-pyrrole nitrogens is 1. The number of hydrogen-bond donors (Lipinski definition) is 2. The van der Waals surface area contributed by atoms with Gasteiger partial charge in [0.05, 0.1) is 12.8 Å². The van der Waals surface area contributed by atoms with Gasteiger partial charge in [-0.25, -0.2) is 8.42 Å². The van der Waals surface area contributed by atoms with Gasteiger partial charge >= 0.3 is 0 Å². The molecule has 7 heteroatoms. The highest BCUT2D eigenvalue weighted by Crippen LogP contribution is 2.33. The molecule has 1 aromatic heterocycles. The highest BCUT2D eigenvalue weighted by Gasteiger charge is 2.22. The number of hydrogen-bond acceptors (Lipinski definition) is 3. The van der Waals surface area contributed by atoms with Crippen molar-refractivity contribution in [1.82, 2.24) is 4.98 Å². The molecule has 142 valence electrons. The van der Waals surface area contributed by atoms with Gasteiger partial charge in [0.2, 0.25) is 0 Å². The zero-order valence-electron chi connectivity index (χ0n) is 14.9. The second kappa shape index (κ2) is 7.33. The van der Waals surface area contributed by atoms with E-state index in [0.717, 1.165) is 22.2 Å². The Morgan fingerprint density at radius 1 is 0.964 bits per heavy atom. The first-order valence-electron chi connectivity index (χ1n) is 8.51. The van der Waals surface area contributed by atoms with Crippen molar-refractivity contribution in [2.24, 2.45) is 0 Å². The molecule has 0 atom stereocenters. The van der Waals surface area contributed by atoms with Crippen LogP contribution in [0.5, 0.6) is 5.75 Å². The molecule has 0 aliphatic rings. The molecule has 0 saturated carbocycles. The van der Waals surface area contributed by atoms with Crippen LogP contribution in [-0.4, -0.2) is 20.5 Å². The molecule has 0 aliphatic heterocycles. The van der Waals surface area contributed by atoms with Gasteiger partial charge in [0.15, 0.2) is 0 Å². The minimum absolute atomic E-state index is 0.0656. The summed E-state index contributed by atoms with van der Waals surface area (Å²) in [6.45, 7) is 0. The molecule has 5 nitrogen and oxygen atoms in total. The van der Waals surface area contributed by atoms with E-state index in [2.05, 4.69) is 25.6 Å². The highest BCUT2D eigenvalue weighted by atomic mass is 79.9. The summed E-state index contributed by atoms with van der Waals surface area (Å²) in [5.41, 5.74) is 3.07. The third-order valence-electron chi connectivity index (χ3n) is 4.41. The Hall–Kier alpha value is -2.77. The van der Waals surface area contributed by atoms with E-state index >= 15 is 0 Å². The second-order valence-electron chi connectivity index (χ2n) is 6.22. The predicted octanol–water partition coefficient (Wildman–Crippen LogP) is 5.41. The Kier molecular flexibility index (Phi) is 4.87. The fourth-order valence-corrected chi connectivity index (χ4v) is 4.87. The Morgan fingerprint density at radius 2 is 1.71 bits per heavy atom. The average molecular weight is 457 g/mol. The van der Waals surface area contributed by atoms with E-state index in [0.29, 0.717) is 10.2 Å². The normalized spacial score (nSPS) is 11.5. The first-order chi connectivity index (χ1) is 13.5. The van der Waals surface area contributed by atoms with Crippen LogP contribution in [0.15, 0.2) is 82.2 Å². The number of sulfonamides is 1. The minimum atomic E-state index is -3.86. The van der Waals surface area contributed by atoms with Crippen LogP contribution in [0.2, 0.25) is 0 Å². The number of rotatable bonds is 5. The van der Waals surface area contributed by atoms with Crippen molar-refractivity contribution in [1.29, 1.82) is 0 Å². The molecular weight excluding hydrogens is 440 g/mol. The van der Waals surface area contributed by atoms with E-state index in [1.165, 1.54) is 13.2 Å². The second-order valence-corrected chi connectivity index (χ2v) is 8.78. The van der Waals surface area contributed by atoms with E-state index in [-0.39, 0.29) is 10.6 Å². The summed E-state index contributed by atoms with van der Waals surface area (Å²) in [5.74, 6) is 0.277. The Labute approximate surface area is 171 Å². The summed E-state index contributed by atoms with van der Waals surface area (Å²) in [6.07, 6.45) is 0. The summed E-state index contributed by atoms with van der Waals surface area (Å²) < 4.78 is 34.7. The van der Waals surface area contributed by atoms with Crippen molar-refractivity contribution in [3.05, 3.63) is 77.3 Å². The molecule has 1 heterocycles. The summed E-state index contributed by atoms with van der Waals surface area (Å²) in [7, 11) is -2.41. The third-order valence-corrected chi connectivity index (χ3v) is 6.29. The number of methoxy groups -OCH3 is 1. The van der Waals surface area contributed by atoms with Crippen molar-refractivity contribution in [2.75, 3.05) is 11.8 Å². The molecule has 0 radical (unpaired) electrons. The fourth-order valence-electron chi connectivity index (χ4n) is 3.09. The van der Waals surface area contributed by atoms with Crippen LogP contribution in [0.4, 0.5) is 5.69 Å². The van der Waals surface area contributed by atoms with Crippen molar-refractivity contribution >= 4 is 42.5 Å². The molecule has 4 aromatic rings. The van der Waals surface area contributed by atoms with Crippen LogP contribution in [0, 0.1) is 0 Å². The van der Waals surface area contributed by atoms with Crippen LogP contribution in [0.1, 0.15) is 0 Å². The molecule has 0 amide bonds. The van der Waals surface area contributed by atoms with Crippen molar-refractivity contribution in [2.45, 2.75) is 4.90 Å². The quantitative estimate of drug-likeness (QED) is 0.421. The van der Waals surface area contributed by atoms with E-state index in [9.17, 15) is 8.42 Å². The number of aromatic nitrogens is 1. The van der Waals surface area contributed by atoms with Gasteiger partial charge in [0, 0.05) is 26.6 Å². The lowest BCUT2D eigenvalue weighted by molar-refractivity contribution is 0.403. The zero-order valence-corrected chi connectivity index (χ0v) is 17.3. The van der Waals surface area contributed by atoms with Crippen LogP contribution >= 0.6 is 15.9 Å². The average Bonchev–Trinajstić information content (AvgIpc) is 3.12. The first-order valence-corrected chi connectivity index (χ1v) is 10.8. The maximum atomic E-state index is 13.1. The van der Waals surface area contributed by atoms with Crippen LogP contribution in [0.3, 0.4) is 0 Å². The van der Waals surface area contributed by atoms with E-state index in [1.807, 2.05) is 42.5 Å². The van der Waals surface area contributed by atoms with Gasteiger partial charge < -0.3 is 9.72 Å². The number of para-hydroxylation sites is 2. The SMILES string of the molecule is COc1ccc(Br)cc1S(=O)(=O)Nc1ccccc1-c1cc2ccccc2[nH]1. The Morgan fingerprint density at radius 3 is 2.50 bits per heavy atom. The van der Waals surface area contributed by atoms with Crippen molar-refractivity contribution in [3.8, 4) is 17.0 Å². The molecule has 4 rings (SSSR count). The first kappa shape index (κ1) is 18.6. The monoisotopic (exact) mass is 456 g/mol. The van der Waals surface area contributed by atoms with Crippen molar-refractivity contribution in [3.63, 3.8) is 0 Å². The highest BCUT2D eigenvalue weighted by molar-refractivity contribution is 9.10. The largest absolute Gasteiger partial charge is 0.495 e. The number of ether oxygens (including phenoxy) is 1. The molecule has 0 spiro atoms. The van der Waals surface area contributed by atoms with Gasteiger partial charge in [-0.05, 0) is 36.4 Å². The number of aromatic amines is 1. The smallest absolute Gasteiger partial charge is 0.265 e. The van der Waals surface area contributed by atoms with E-state index in [1.54, 1.807) is 24.3 Å². The van der Waals surface area contributed by atoms with Gasteiger partial charge in [-0.3, -0.25) is 4.72 Å². The van der Waals surface area contributed by atoms with E-state index in [4.69, 9.17) is 4.74 Å². The summed E-state index contributed by atoms with van der Waals surface area (Å²) in [4.78, 5) is 3.41. The lowest BCUT2D eigenvalue weighted by atomic mass is 10.1. The number of halogens is 1. The zero-order chi connectivity index (χ0) is 19.7. The van der Waals surface area contributed by atoms with Gasteiger partial charge in [0.25, 0.3) is 10.0 Å². The van der Waals surface area contributed by atoms with Crippen LogP contribution < -0.4 is 9.46 Å². The molecule has 0 aliphatic carbocycles. The van der Waals surface area contributed by atoms with Gasteiger partial charge in [-0.2, -0.15) is 0 Å². The van der Waals surface area contributed by atoms with Gasteiger partial charge in [-0.1, -0.05) is 52.3 Å². The van der Waals surface area contributed by atoms with Crippen molar-refractivity contribution < 1.29 is 13.2 Å². The summed E-state index contributed by atoms with van der Waals surface area (Å²) in [5, 5.41) is 1.06. The molecule has 3 aromatic carbocycles. The minimum Gasteiger partial charge on any atom is -0.495 e. The maximum absolute atomic E-state index is 13.1. The molecule has 28 heavy (non-hydrogen) atoms.